The lowest BCUT2D eigenvalue weighted by molar-refractivity contribution is -0.210. The largest absolute Gasteiger partial charge is 0.392 e. The normalized spacial score (nSPS) is 24.9. The molecule has 1 saturated heterocycles. The SMILES string of the molecule is NCCO[C@H]1C[C@@H](O)C12CCN(Cc1cc(F)ccc1-n1cccn1)CC2. The molecule has 1 aliphatic heterocycles. The minimum atomic E-state index is -0.295. The van der Waals surface area contributed by atoms with E-state index in [0.717, 1.165) is 37.2 Å². The number of aliphatic hydroxyl groups excluding tert-OH is 1. The molecule has 0 unspecified atom stereocenters. The summed E-state index contributed by atoms with van der Waals surface area (Å²) in [5.74, 6) is -0.237. The topological polar surface area (TPSA) is 76.5 Å². The molecule has 3 N–H and O–H groups in total. The van der Waals surface area contributed by atoms with Gasteiger partial charge in [0.1, 0.15) is 5.82 Å². The van der Waals surface area contributed by atoms with Crippen LogP contribution >= 0.6 is 0 Å². The molecular formula is C20H27FN4O2. The van der Waals surface area contributed by atoms with E-state index < -0.39 is 0 Å². The minimum absolute atomic E-state index is 0.104. The van der Waals surface area contributed by atoms with Gasteiger partial charge in [-0.1, -0.05) is 0 Å². The van der Waals surface area contributed by atoms with Crippen LogP contribution in [0.15, 0.2) is 36.7 Å². The van der Waals surface area contributed by atoms with Gasteiger partial charge in [-0.3, -0.25) is 4.90 Å². The summed E-state index contributed by atoms with van der Waals surface area (Å²) < 4.78 is 21.5. The van der Waals surface area contributed by atoms with Crippen molar-refractivity contribution in [3.05, 3.63) is 48.0 Å². The second kappa shape index (κ2) is 7.67. The van der Waals surface area contributed by atoms with Crippen molar-refractivity contribution in [2.45, 2.75) is 38.0 Å². The Morgan fingerprint density at radius 2 is 2.15 bits per heavy atom. The van der Waals surface area contributed by atoms with E-state index in [1.54, 1.807) is 23.0 Å². The second-order valence-corrected chi connectivity index (χ2v) is 7.63. The van der Waals surface area contributed by atoms with Crippen molar-refractivity contribution < 1.29 is 14.2 Å². The lowest BCUT2D eigenvalue weighted by Gasteiger charge is -2.56. The fourth-order valence-corrected chi connectivity index (χ4v) is 4.51. The molecule has 1 aromatic carbocycles. The van der Waals surface area contributed by atoms with Gasteiger partial charge in [0.15, 0.2) is 0 Å². The third kappa shape index (κ3) is 3.52. The minimum Gasteiger partial charge on any atom is -0.392 e. The van der Waals surface area contributed by atoms with Gasteiger partial charge in [-0.2, -0.15) is 5.10 Å². The van der Waals surface area contributed by atoms with E-state index >= 15 is 0 Å². The zero-order valence-electron chi connectivity index (χ0n) is 15.4. The molecular weight excluding hydrogens is 347 g/mol. The number of benzene rings is 1. The van der Waals surface area contributed by atoms with Crippen LogP contribution in [0.4, 0.5) is 4.39 Å². The number of aliphatic hydroxyl groups is 1. The van der Waals surface area contributed by atoms with Crippen LogP contribution in [0.3, 0.4) is 0 Å². The summed E-state index contributed by atoms with van der Waals surface area (Å²) >= 11 is 0. The number of hydrogen-bond donors (Lipinski definition) is 2. The van der Waals surface area contributed by atoms with Gasteiger partial charge < -0.3 is 15.6 Å². The molecule has 7 heteroatoms. The van der Waals surface area contributed by atoms with Gasteiger partial charge in [0.25, 0.3) is 0 Å². The molecule has 0 bridgehead atoms. The fraction of sp³-hybridized carbons (Fsp3) is 0.550. The third-order valence-electron chi connectivity index (χ3n) is 6.15. The highest BCUT2D eigenvalue weighted by atomic mass is 19.1. The number of hydrogen-bond acceptors (Lipinski definition) is 5. The molecule has 0 radical (unpaired) electrons. The highest BCUT2D eigenvalue weighted by Crippen LogP contribution is 2.51. The smallest absolute Gasteiger partial charge is 0.123 e. The number of ether oxygens (including phenoxy) is 1. The Kier molecular flexibility index (Phi) is 5.27. The standard InChI is InChI=1S/C20H27FN4O2/c21-16-2-3-17(25-8-1-7-23-25)15(12-16)14-24-9-4-20(5-10-24)18(26)13-19(20)27-11-6-22/h1-3,7-8,12,18-19,26H,4-6,9-11,13-14,22H2/t18-,19+/m1/s1. The summed E-state index contributed by atoms with van der Waals surface area (Å²) in [6, 6.07) is 6.69. The van der Waals surface area contributed by atoms with Gasteiger partial charge in [-0.15, -0.1) is 0 Å². The van der Waals surface area contributed by atoms with E-state index in [1.165, 1.54) is 6.07 Å². The van der Waals surface area contributed by atoms with E-state index in [-0.39, 0.29) is 23.4 Å². The predicted octanol–water partition coefficient (Wildman–Crippen LogP) is 1.70. The monoisotopic (exact) mass is 374 g/mol. The molecule has 2 aliphatic rings. The van der Waals surface area contributed by atoms with Crippen molar-refractivity contribution in [3.63, 3.8) is 0 Å². The van der Waals surface area contributed by atoms with Gasteiger partial charge in [0, 0.05) is 37.3 Å². The van der Waals surface area contributed by atoms with Crippen LogP contribution in [0.1, 0.15) is 24.8 Å². The molecule has 146 valence electrons. The Morgan fingerprint density at radius 1 is 1.33 bits per heavy atom. The average molecular weight is 374 g/mol. The number of halogens is 1. The molecule has 1 aromatic heterocycles. The van der Waals surface area contributed by atoms with Crippen molar-refractivity contribution >= 4 is 0 Å². The predicted molar refractivity (Wildman–Crippen MR) is 99.9 cm³/mol. The average Bonchev–Trinajstić information content (AvgIpc) is 3.20. The lowest BCUT2D eigenvalue weighted by Crippen LogP contribution is -2.62. The molecule has 1 aliphatic carbocycles. The first-order valence-corrected chi connectivity index (χ1v) is 9.63. The summed E-state index contributed by atoms with van der Waals surface area (Å²) in [6.07, 6.45) is 5.87. The van der Waals surface area contributed by atoms with Crippen LogP contribution < -0.4 is 5.73 Å². The second-order valence-electron chi connectivity index (χ2n) is 7.63. The van der Waals surface area contributed by atoms with E-state index in [9.17, 15) is 9.50 Å². The van der Waals surface area contributed by atoms with Crippen LogP contribution in [0.25, 0.3) is 5.69 Å². The van der Waals surface area contributed by atoms with Crippen LogP contribution in [-0.2, 0) is 11.3 Å². The summed E-state index contributed by atoms with van der Waals surface area (Å²) in [7, 11) is 0. The maximum atomic E-state index is 13.8. The first-order valence-electron chi connectivity index (χ1n) is 9.63. The summed E-state index contributed by atoms with van der Waals surface area (Å²) in [4.78, 5) is 2.32. The first-order chi connectivity index (χ1) is 13.1. The van der Waals surface area contributed by atoms with Crippen molar-refractivity contribution in [3.8, 4) is 5.69 Å². The molecule has 2 aromatic rings. The molecule has 1 spiro atoms. The zero-order chi connectivity index (χ0) is 18.9. The van der Waals surface area contributed by atoms with E-state index in [1.807, 2.05) is 12.3 Å². The van der Waals surface area contributed by atoms with E-state index in [4.69, 9.17) is 10.5 Å². The molecule has 2 fully saturated rings. The highest BCUT2D eigenvalue weighted by molar-refractivity contribution is 5.40. The Labute approximate surface area is 158 Å². The van der Waals surface area contributed by atoms with E-state index in [0.29, 0.717) is 26.1 Å². The molecule has 2 atom stereocenters. The Hall–Kier alpha value is -1.80. The van der Waals surface area contributed by atoms with Crippen molar-refractivity contribution in [1.29, 1.82) is 0 Å². The summed E-state index contributed by atoms with van der Waals surface area (Å²) in [5, 5.41) is 14.7. The van der Waals surface area contributed by atoms with Crippen LogP contribution in [0.5, 0.6) is 0 Å². The van der Waals surface area contributed by atoms with Gasteiger partial charge in [0.05, 0.1) is 24.5 Å². The number of nitrogens with zero attached hydrogens (tertiary/aromatic N) is 3. The lowest BCUT2D eigenvalue weighted by atomic mass is 9.58. The van der Waals surface area contributed by atoms with Gasteiger partial charge in [-0.05, 0) is 55.8 Å². The van der Waals surface area contributed by atoms with Crippen LogP contribution in [-0.4, -0.2) is 58.2 Å². The van der Waals surface area contributed by atoms with Crippen molar-refractivity contribution in [1.82, 2.24) is 14.7 Å². The van der Waals surface area contributed by atoms with Crippen LogP contribution in [0, 0.1) is 11.2 Å². The Morgan fingerprint density at radius 3 is 2.81 bits per heavy atom. The van der Waals surface area contributed by atoms with Crippen LogP contribution in [0.2, 0.25) is 0 Å². The quantitative estimate of drug-likeness (QED) is 0.805. The summed E-state index contributed by atoms with van der Waals surface area (Å²) in [6.45, 7) is 3.42. The molecule has 1 saturated carbocycles. The molecule has 2 heterocycles. The molecule has 0 amide bonds. The fourth-order valence-electron chi connectivity index (χ4n) is 4.51. The summed E-state index contributed by atoms with van der Waals surface area (Å²) in [5.41, 5.74) is 7.22. The maximum Gasteiger partial charge on any atom is 0.123 e. The Bertz CT molecular complexity index is 759. The zero-order valence-corrected chi connectivity index (χ0v) is 15.4. The number of rotatable bonds is 6. The molecule has 27 heavy (non-hydrogen) atoms. The number of nitrogens with two attached hydrogens (primary N) is 1. The van der Waals surface area contributed by atoms with Crippen molar-refractivity contribution in [2.24, 2.45) is 11.1 Å². The van der Waals surface area contributed by atoms with Crippen molar-refractivity contribution in [2.75, 3.05) is 26.2 Å². The van der Waals surface area contributed by atoms with E-state index in [2.05, 4.69) is 10.00 Å². The van der Waals surface area contributed by atoms with Gasteiger partial charge in [-0.25, -0.2) is 9.07 Å². The Balaban J connectivity index is 1.44. The number of piperidine rings is 1. The number of aromatic nitrogens is 2. The van der Waals surface area contributed by atoms with Gasteiger partial charge >= 0.3 is 0 Å². The molecule has 4 rings (SSSR count). The number of likely N-dealkylation sites (tertiary alicyclic amines) is 1. The first kappa shape index (κ1) is 18.6. The highest BCUT2D eigenvalue weighted by Gasteiger charge is 2.56. The maximum absolute atomic E-state index is 13.8. The van der Waals surface area contributed by atoms with Gasteiger partial charge in [0.2, 0.25) is 0 Å². The third-order valence-corrected chi connectivity index (χ3v) is 6.15. The molecule has 6 nitrogen and oxygen atoms in total.